The molecule has 3 N–H and O–H groups in total. The minimum absolute atomic E-state index is 0.0112. The van der Waals surface area contributed by atoms with E-state index in [1.807, 2.05) is 19.9 Å². The van der Waals surface area contributed by atoms with E-state index in [1.54, 1.807) is 28.9 Å². The van der Waals surface area contributed by atoms with Crippen LogP contribution in [0.25, 0.3) is 39.2 Å². The largest absolute Gasteiger partial charge is 0.388 e. The van der Waals surface area contributed by atoms with Gasteiger partial charge >= 0.3 is 0 Å². The van der Waals surface area contributed by atoms with Gasteiger partial charge in [0.05, 0.1) is 34.6 Å². The van der Waals surface area contributed by atoms with Crippen LogP contribution < -0.4 is 10.6 Å². The van der Waals surface area contributed by atoms with Crippen molar-refractivity contribution in [1.82, 2.24) is 29.4 Å². The number of imidazole rings is 1. The van der Waals surface area contributed by atoms with Crippen molar-refractivity contribution < 1.29 is 13.9 Å². The molecule has 1 atom stereocenters. The number of aromatic nitrogens is 6. The molecule has 0 aliphatic carbocycles. The molecule has 0 radical (unpaired) electrons. The Morgan fingerprint density at radius 2 is 1.98 bits per heavy atom. The number of hydrogen-bond acceptors (Lipinski definition) is 8. The number of rotatable bonds is 7. The predicted octanol–water partition coefficient (Wildman–Crippen LogP) is 4.44. The molecule has 2 aromatic carbocycles. The fourth-order valence-electron chi connectivity index (χ4n) is 5.64. The summed E-state index contributed by atoms with van der Waals surface area (Å²) in [5.74, 6) is -0.658. The summed E-state index contributed by atoms with van der Waals surface area (Å²) in [6.07, 6.45) is 6.15. The highest BCUT2D eigenvalue weighted by Crippen LogP contribution is 2.38. The minimum atomic E-state index is -0.995. The zero-order chi connectivity index (χ0) is 29.6. The lowest BCUT2D eigenvalue weighted by atomic mass is 9.97. The lowest BCUT2D eigenvalue weighted by Crippen LogP contribution is -2.43. The number of benzene rings is 2. The Morgan fingerprint density at radius 3 is 2.69 bits per heavy atom. The first-order valence-corrected chi connectivity index (χ1v) is 14.1. The van der Waals surface area contributed by atoms with Gasteiger partial charge in [-0.05, 0) is 43.9 Å². The SMILES string of the molecule is CCC(O)(CC)Cn1nnc2cc(-c3c(-c4ccc(C#N)c(F)c4)nc4c(N5CCCC(N)C5)nccn34)c(F)cc21. The van der Waals surface area contributed by atoms with E-state index in [9.17, 15) is 14.8 Å². The van der Waals surface area contributed by atoms with Gasteiger partial charge in [-0.3, -0.25) is 4.40 Å². The number of fused-ring (bicyclic) bond motifs is 2. The van der Waals surface area contributed by atoms with Crippen LogP contribution in [0.1, 0.15) is 45.1 Å². The molecule has 6 rings (SSSR count). The number of piperidine rings is 1. The molecule has 12 heteroatoms. The van der Waals surface area contributed by atoms with Gasteiger partial charge < -0.3 is 15.7 Å². The van der Waals surface area contributed by atoms with Crippen LogP contribution in [-0.2, 0) is 6.54 Å². The van der Waals surface area contributed by atoms with Crippen LogP contribution in [0.4, 0.5) is 14.6 Å². The highest BCUT2D eigenvalue weighted by molar-refractivity contribution is 5.89. The summed E-state index contributed by atoms with van der Waals surface area (Å²) in [6.45, 7) is 5.30. The van der Waals surface area contributed by atoms with E-state index in [4.69, 9.17) is 10.7 Å². The predicted molar refractivity (Wildman–Crippen MR) is 155 cm³/mol. The summed E-state index contributed by atoms with van der Waals surface area (Å²) >= 11 is 0. The second-order valence-electron chi connectivity index (χ2n) is 10.9. The molecule has 0 saturated carbocycles. The van der Waals surface area contributed by atoms with Crippen molar-refractivity contribution in [3.05, 3.63) is 59.9 Å². The van der Waals surface area contributed by atoms with Crippen molar-refractivity contribution in [3.63, 3.8) is 0 Å². The van der Waals surface area contributed by atoms with E-state index >= 15 is 4.39 Å². The van der Waals surface area contributed by atoms with Crippen molar-refractivity contribution in [2.45, 2.75) is 57.7 Å². The minimum Gasteiger partial charge on any atom is -0.388 e. The van der Waals surface area contributed by atoms with Gasteiger partial charge in [0.15, 0.2) is 11.5 Å². The maximum atomic E-state index is 16.1. The third-order valence-corrected chi connectivity index (χ3v) is 8.26. The molecule has 3 aromatic heterocycles. The van der Waals surface area contributed by atoms with Gasteiger partial charge in [0.1, 0.15) is 23.2 Å². The van der Waals surface area contributed by atoms with Gasteiger partial charge in [-0.2, -0.15) is 5.26 Å². The molecule has 1 saturated heterocycles. The molecular formula is C30H31F2N9O. The first-order valence-electron chi connectivity index (χ1n) is 14.1. The Morgan fingerprint density at radius 1 is 1.17 bits per heavy atom. The summed E-state index contributed by atoms with van der Waals surface area (Å²) in [4.78, 5) is 11.6. The first kappa shape index (κ1) is 27.7. The van der Waals surface area contributed by atoms with E-state index in [0.29, 0.717) is 58.8 Å². The lowest BCUT2D eigenvalue weighted by molar-refractivity contribution is 0.0125. The van der Waals surface area contributed by atoms with Crippen LogP contribution >= 0.6 is 0 Å². The molecule has 4 heterocycles. The average Bonchev–Trinajstić information content (AvgIpc) is 3.57. The topological polar surface area (TPSA) is 134 Å². The number of nitriles is 1. The molecule has 1 aliphatic heterocycles. The van der Waals surface area contributed by atoms with E-state index in [1.165, 1.54) is 22.9 Å². The standard InChI is InChI=1S/C30H31F2N9O/c1-3-30(42,4-2)17-41-25-14-23(32)21(13-24(25)37-38-41)27-26(18-7-8-19(15-33)22(31)12-18)36-29-28(35-9-11-40(27)29)39-10-5-6-20(34)16-39/h7-9,11-14,20,42H,3-6,10,16-17,34H2,1-2H3. The fraction of sp³-hybridized carbons (Fsp3) is 0.367. The number of halogens is 2. The third-order valence-electron chi connectivity index (χ3n) is 8.26. The van der Waals surface area contributed by atoms with Crippen LogP contribution in [0.3, 0.4) is 0 Å². The number of hydrogen-bond donors (Lipinski definition) is 2. The highest BCUT2D eigenvalue weighted by atomic mass is 19.1. The van der Waals surface area contributed by atoms with Crippen molar-refractivity contribution in [2.75, 3.05) is 18.0 Å². The van der Waals surface area contributed by atoms with Crippen molar-refractivity contribution >= 4 is 22.5 Å². The molecule has 216 valence electrons. The number of nitrogens with two attached hydrogens (primary N) is 1. The Labute approximate surface area is 241 Å². The zero-order valence-electron chi connectivity index (χ0n) is 23.4. The summed E-state index contributed by atoms with van der Waals surface area (Å²) in [5.41, 5.74) is 7.79. The van der Waals surface area contributed by atoms with Gasteiger partial charge in [-0.1, -0.05) is 25.1 Å². The van der Waals surface area contributed by atoms with Crippen molar-refractivity contribution in [1.29, 1.82) is 5.26 Å². The molecule has 1 aliphatic rings. The van der Waals surface area contributed by atoms with Crippen molar-refractivity contribution in [3.8, 4) is 28.6 Å². The molecule has 42 heavy (non-hydrogen) atoms. The average molecular weight is 572 g/mol. The Balaban J connectivity index is 1.57. The molecule has 0 spiro atoms. The van der Waals surface area contributed by atoms with Crippen LogP contribution in [0.2, 0.25) is 0 Å². The molecular weight excluding hydrogens is 540 g/mol. The summed E-state index contributed by atoms with van der Waals surface area (Å²) in [6, 6.07) is 8.98. The summed E-state index contributed by atoms with van der Waals surface area (Å²) in [5, 5.41) is 28.6. The summed E-state index contributed by atoms with van der Waals surface area (Å²) in [7, 11) is 0. The van der Waals surface area contributed by atoms with Crippen LogP contribution in [0, 0.1) is 23.0 Å². The molecule has 0 amide bonds. The number of anilines is 1. The number of aliphatic hydroxyl groups is 1. The van der Waals surface area contributed by atoms with E-state index < -0.39 is 17.2 Å². The van der Waals surface area contributed by atoms with Crippen LogP contribution in [0.15, 0.2) is 42.7 Å². The third kappa shape index (κ3) is 4.74. The second-order valence-corrected chi connectivity index (χ2v) is 10.9. The normalized spacial score (nSPS) is 15.9. The van der Waals surface area contributed by atoms with Gasteiger partial charge in [0.25, 0.3) is 0 Å². The Hall–Kier alpha value is -4.47. The highest BCUT2D eigenvalue weighted by Gasteiger charge is 2.28. The summed E-state index contributed by atoms with van der Waals surface area (Å²) < 4.78 is 34.2. The molecule has 1 unspecified atom stereocenters. The van der Waals surface area contributed by atoms with E-state index in [-0.39, 0.29) is 23.7 Å². The maximum absolute atomic E-state index is 16.1. The Kier molecular flexibility index (Phi) is 7.08. The van der Waals surface area contributed by atoms with Gasteiger partial charge in [0.2, 0.25) is 0 Å². The smallest absolute Gasteiger partial charge is 0.181 e. The van der Waals surface area contributed by atoms with Crippen molar-refractivity contribution in [2.24, 2.45) is 5.73 Å². The molecule has 0 bridgehead atoms. The first-order chi connectivity index (χ1) is 20.2. The van der Waals surface area contributed by atoms with E-state index in [0.717, 1.165) is 19.4 Å². The maximum Gasteiger partial charge on any atom is 0.181 e. The Bertz CT molecular complexity index is 1840. The number of nitrogens with zero attached hydrogens (tertiary/aromatic N) is 8. The monoisotopic (exact) mass is 571 g/mol. The zero-order valence-corrected chi connectivity index (χ0v) is 23.4. The fourth-order valence-corrected chi connectivity index (χ4v) is 5.64. The molecule has 1 fully saturated rings. The van der Waals surface area contributed by atoms with Gasteiger partial charge in [0, 0.05) is 48.7 Å². The second kappa shape index (κ2) is 10.7. The molecule has 5 aromatic rings. The van der Waals surface area contributed by atoms with Gasteiger partial charge in [-0.15, -0.1) is 5.10 Å². The quantitative estimate of drug-likeness (QED) is 0.293. The van der Waals surface area contributed by atoms with Gasteiger partial charge in [-0.25, -0.2) is 23.4 Å². The molecule has 10 nitrogen and oxygen atoms in total. The lowest BCUT2D eigenvalue weighted by Gasteiger charge is -2.31. The van der Waals surface area contributed by atoms with Crippen LogP contribution in [-0.4, -0.2) is 59.2 Å². The van der Waals surface area contributed by atoms with Crippen LogP contribution in [0.5, 0.6) is 0 Å². The van der Waals surface area contributed by atoms with E-state index in [2.05, 4.69) is 20.2 Å².